The molecule has 0 fully saturated rings. The molecule has 1 atom stereocenters. The van der Waals surface area contributed by atoms with Crippen LogP contribution in [0.1, 0.15) is 51.4 Å². The Morgan fingerprint density at radius 2 is 2.09 bits per heavy atom. The van der Waals surface area contributed by atoms with E-state index in [4.69, 9.17) is 9.72 Å². The molecule has 2 rings (SSSR count). The number of aromatic nitrogens is 2. The average Bonchev–Trinajstić information content (AvgIpc) is 2.91. The SMILES string of the molecule is CCCCCCn1c(C(C)NC(=O)COC)nc2ccccc21. The fourth-order valence-corrected chi connectivity index (χ4v) is 2.84. The van der Waals surface area contributed by atoms with Gasteiger partial charge in [-0.2, -0.15) is 0 Å². The van der Waals surface area contributed by atoms with Crippen LogP contribution in [0.15, 0.2) is 24.3 Å². The number of nitrogens with zero attached hydrogens (tertiary/aromatic N) is 2. The van der Waals surface area contributed by atoms with Gasteiger partial charge in [0.2, 0.25) is 5.91 Å². The maximum absolute atomic E-state index is 11.8. The van der Waals surface area contributed by atoms with Crippen LogP contribution < -0.4 is 5.32 Å². The number of nitrogens with one attached hydrogen (secondary N) is 1. The van der Waals surface area contributed by atoms with Crippen molar-refractivity contribution in [2.75, 3.05) is 13.7 Å². The largest absolute Gasteiger partial charge is 0.375 e. The molecular weight excluding hydrogens is 290 g/mol. The number of rotatable bonds is 9. The Hall–Kier alpha value is -1.88. The Kier molecular flexibility index (Phi) is 6.59. The lowest BCUT2D eigenvalue weighted by Gasteiger charge is -2.16. The summed E-state index contributed by atoms with van der Waals surface area (Å²) in [5, 5.41) is 2.95. The van der Waals surface area contributed by atoms with Crippen LogP contribution in [-0.4, -0.2) is 29.2 Å². The molecule has 1 unspecified atom stereocenters. The Labute approximate surface area is 138 Å². The van der Waals surface area contributed by atoms with Gasteiger partial charge in [-0.1, -0.05) is 38.3 Å². The van der Waals surface area contributed by atoms with Crippen LogP contribution in [-0.2, 0) is 16.1 Å². The van der Waals surface area contributed by atoms with Crippen molar-refractivity contribution in [1.29, 1.82) is 0 Å². The van der Waals surface area contributed by atoms with E-state index in [-0.39, 0.29) is 18.6 Å². The van der Waals surface area contributed by atoms with E-state index in [2.05, 4.69) is 22.9 Å². The second-order valence-electron chi connectivity index (χ2n) is 5.89. The van der Waals surface area contributed by atoms with Crippen molar-refractivity contribution in [3.05, 3.63) is 30.1 Å². The van der Waals surface area contributed by atoms with Crippen LogP contribution in [0.4, 0.5) is 0 Å². The van der Waals surface area contributed by atoms with Crippen molar-refractivity contribution in [1.82, 2.24) is 14.9 Å². The third kappa shape index (κ3) is 4.55. The quantitative estimate of drug-likeness (QED) is 0.721. The van der Waals surface area contributed by atoms with Crippen molar-refractivity contribution in [2.24, 2.45) is 0 Å². The molecule has 0 saturated carbocycles. The zero-order valence-corrected chi connectivity index (χ0v) is 14.3. The minimum Gasteiger partial charge on any atom is -0.375 e. The van der Waals surface area contributed by atoms with Gasteiger partial charge in [0.05, 0.1) is 17.1 Å². The summed E-state index contributed by atoms with van der Waals surface area (Å²) in [6.45, 7) is 5.18. The fraction of sp³-hybridized carbons (Fsp3) is 0.556. The molecule has 0 aliphatic heterocycles. The number of para-hydroxylation sites is 2. The molecule has 1 amide bonds. The molecule has 1 heterocycles. The predicted molar refractivity (Wildman–Crippen MR) is 92.3 cm³/mol. The molecule has 5 nitrogen and oxygen atoms in total. The van der Waals surface area contributed by atoms with Gasteiger partial charge in [-0.3, -0.25) is 4.79 Å². The van der Waals surface area contributed by atoms with Gasteiger partial charge < -0.3 is 14.6 Å². The van der Waals surface area contributed by atoms with E-state index in [1.165, 1.54) is 26.4 Å². The first-order valence-electron chi connectivity index (χ1n) is 8.40. The second-order valence-corrected chi connectivity index (χ2v) is 5.89. The van der Waals surface area contributed by atoms with E-state index in [0.29, 0.717) is 0 Å². The standard InChI is InChI=1S/C18H27N3O2/c1-4-5-6-9-12-21-16-11-8-7-10-15(16)20-18(21)14(2)19-17(22)13-23-3/h7-8,10-11,14H,4-6,9,12-13H2,1-3H3,(H,19,22). The van der Waals surface area contributed by atoms with Gasteiger partial charge >= 0.3 is 0 Å². The summed E-state index contributed by atoms with van der Waals surface area (Å²) < 4.78 is 7.12. The third-order valence-electron chi connectivity index (χ3n) is 3.96. The molecule has 2 aromatic rings. The maximum Gasteiger partial charge on any atom is 0.246 e. The third-order valence-corrected chi connectivity index (χ3v) is 3.96. The van der Waals surface area contributed by atoms with E-state index < -0.39 is 0 Å². The maximum atomic E-state index is 11.8. The molecule has 1 aromatic heterocycles. The number of ether oxygens (including phenoxy) is 1. The molecule has 0 bridgehead atoms. The number of hydrogen-bond donors (Lipinski definition) is 1. The van der Waals surface area contributed by atoms with Crippen LogP contribution >= 0.6 is 0 Å². The van der Waals surface area contributed by atoms with E-state index in [1.807, 2.05) is 25.1 Å². The van der Waals surface area contributed by atoms with Gasteiger partial charge in [0.15, 0.2) is 0 Å². The molecule has 5 heteroatoms. The Morgan fingerprint density at radius 3 is 2.83 bits per heavy atom. The Morgan fingerprint density at radius 1 is 1.30 bits per heavy atom. The lowest BCUT2D eigenvalue weighted by atomic mass is 10.2. The lowest BCUT2D eigenvalue weighted by Crippen LogP contribution is -2.31. The number of imidazole rings is 1. The Bertz CT molecular complexity index is 636. The number of carbonyl (C=O) groups is 1. The van der Waals surface area contributed by atoms with Crippen molar-refractivity contribution in [3.63, 3.8) is 0 Å². The summed E-state index contributed by atoms with van der Waals surface area (Å²) in [7, 11) is 1.52. The van der Waals surface area contributed by atoms with Crippen molar-refractivity contribution in [3.8, 4) is 0 Å². The van der Waals surface area contributed by atoms with Crippen LogP contribution in [0, 0.1) is 0 Å². The number of benzene rings is 1. The zero-order chi connectivity index (χ0) is 16.7. The topological polar surface area (TPSA) is 56.2 Å². The van der Waals surface area contributed by atoms with Gasteiger partial charge in [-0.15, -0.1) is 0 Å². The minimum absolute atomic E-state index is 0.0705. The zero-order valence-electron chi connectivity index (χ0n) is 14.3. The number of aryl methyl sites for hydroxylation is 1. The van der Waals surface area contributed by atoms with Gasteiger partial charge in [0.1, 0.15) is 12.4 Å². The summed E-state index contributed by atoms with van der Waals surface area (Å²) in [5.74, 6) is 0.789. The van der Waals surface area contributed by atoms with Gasteiger partial charge in [0, 0.05) is 13.7 Å². The van der Waals surface area contributed by atoms with Crippen LogP contribution in [0.5, 0.6) is 0 Å². The number of fused-ring (bicyclic) bond motifs is 1. The highest BCUT2D eigenvalue weighted by molar-refractivity contribution is 5.78. The van der Waals surface area contributed by atoms with Crippen molar-refractivity contribution >= 4 is 16.9 Å². The summed E-state index contributed by atoms with van der Waals surface area (Å²) in [6.07, 6.45) is 4.82. The Balaban J connectivity index is 2.21. The first-order chi connectivity index (χ1) is 11.2. The van der Waals surface area contributed by atoms with Crippen molar-refractivity contribution < 1.29 is 9.53 Å². The molecule has 23 heavy (non-hydrogen) atoms. The monoisotopic (exact) mass is 317 g/mol. The first kappa shape index (κ1) is 17.5. The van der Waals surface area contributed by atoms with Crippen molar-refractivity contribution in [2.45, 2.75) is 52.1 Å². The summed E-state index contributed by atoms with van der Waals surface area (Å²) in [6, 6.07) is 8.00. The highest BCUT2D eigenvalue weighted by Gasteiger charge is 2.17. The highest BCUT2D eigenvalue weighted by atomic mass is 16.5. The summed E-state index contributed by atoms with van der Waals surface area (Å²) >= 11 is 0. The van der Waals surface area contributed by atoms with Crippen LogP contribution in [0.3, 0.4) is 0 Å². The predicted octanol–water partition coefficient (Wildman–Crippen LogP) is 3.44. The molecule has 0 saturated heterocycles. The van der Waals surface area contributed by atoms with Crippen LogP contribution in [0.25, 0.3) is 11.0 Å². The fourth-order valence-electron chi connectivity index (χ4n) is 2.84. The number of methoxy groups -OCH3 is 1. The molecule has 0 aliphatic rings. The normalized spacial score (nSPS) is 12.5. The molecule has 0 spiro atoms. The number of hydrogen-bond acceptors (Lipinski definition) is 3. The van der Waals surface area contributed by atoms with E-state index in [9.17, 15) is 4.79 Å². The van der Waals surface area contributed by atoms with Gasteiger partial charge in [0.25, 0.3) is 0 Å². The van der Waals surface area contributed by atoms with E-state index in [1.54, 1.807) is 0 Å². The molecule has 0 radical (unpaired) electrons. The number of amides is 1. The highest BCUT2D eigenvalue weighted by Crippen LogP contribution is 2.21. The smallest absolute Gasteiger partial charge is 0.246 e. The minimum atomic E-state index is -0.142. The van der Waals surface area contributed by atoms with Crippen LogP contribution in [0.2, 0.25) is 0 Å². The number of carbonyl (C=O) groups excluding carboxylic acids is 1. The summed E-state index contributed by atoms with van der Waals surface area (Å²) in [5.41, 5.74) is 2.11. The molecule has 1 N–H and O–H groups in total. The molecular formula is C18H27N3O2. The first-order valence-corrected chi connectivity index (χ1v) is 8.40. The lowest BCUT2D eigenvalue weighted by molar-refractivity contribution is -0.125. The number of unbranched alkanes of at least 4 members (excludes halogenated alkanes) is 3. The van der Waals surface area contributed by atoms with E-state index in [0.717, 1.165) is 29.8 Å². The average molecular weight is 317 g/mol. The van der Waals surface area contributed by atoms with E-state index >= 15 is 0 Å². The molecule has 0 aliphatic carbocycles. The van der Waals surface area contributed by atoms with Gasteiger partial charge in [-0.25, -0.2) is 4.98 Å². The second kappa shape index (κ2) is 8.67. The molecule has 1 aromatic carbocycles. The van der Waals surface area contributed by atoms with Gasteiger partial charge in [-0.05, 0) is 25.5 Å². The molecule has 126 valence electrons. The summed E-state index contributed by atoms with van der Waals surface area (Å²) in [4.78, 5) is 16.5.